The molecule has 3 nitrogen and oxygen atoms in total. The molecule has 1 heterocycles. The van der Waals surface area contributed by atoms with E-state index in [1.165, 1.54) is 10.9 Å². The first-order chi connectivity index (χ1) is 10.1. The van der Waals surface area contributed by atoms with Crippen molar-refractivity contribution in [3.05, 3.63) is 35.0 Å². The number of carbonyl (C=O) groups is 1. The molecule has 1 N–H and O–H groups in total. The van der Waals surface area contributed by atoms with Crippen LogP contribution in [0.25, 0.3) is 10.9 Å². The summed E-state index contributed by atoms with van der Waals surface area (Å²) < 4.78 is 0. The summed E-state index contributed by atoms with van der Waals surface area (Å²) in [6.45, 7) is 10.1. The average Bonchev–Trinajstić information content (AvgIpc) is 2.75. The summed E-state index contributed by atoms with van der Waals surface area (Å²) in [4.78, 5) is 18.0. The monoisotopic (exact) mass is 286 g/mol. The summed E-state index contributed by atoms with van der Waals surface area (Å²) in [5.41, 5.74) is 4.61. The molecule has 0 radical (unpaired) electrons. The Bertz CT molecular complexity index is 621. The third-order valence-electron chi connectivity index (χ3n) is 3.94. The minimum Gasteiger partial charge on any atom is -0.358 e. The largest absolute Gasteiger partial charge is 0.358 e. The number of carbonyl (C=O) groups excluding carboxylic acids is 1. The highest BCUT2D eigenvalue weighted by Crippen LogP contribution is 2.24. The van der Waals surface area contributed by atoms with Crippen LogP contribution in [-0.2, 0) is 11.2 Å². The third kappa shape index (κ3) is 3.46. The highest BCUT2D eigenvalue weighted by molar-refractivity contribution is 5.90. The van der Waals surface area contributed by atoms with Crippen LogP contribution in [-0.4, -0.2) is 28.9 Å². The number of hydrogen-bond donors (Lipinski definition) is 1. The number of aromatic nitrogens is 1. The summed E-state index contributed by atoms with van der Waals surface area (Å²) in [5.74, 6) is 0.240. The number of H-pyrrole nitrogens is 1. The van der Waals surface area contributed by atoms with E-state index in [0.717, 1.165) is 42.7 Å². The van der Waals surface area contributed by atoms with E-state index < -0.39 is 0 Å². The lowest BCUT2D eigenvalue weighted by atomic mass is 10.0. The number of aryl methyl sites for hydroxylation is 2. The van der Waals surface area contributed by atoms with Crippen LogP contribution in [0.3, 0.4) is 0 Å². The Morgan fingerprint density at radius 2 is 1.81 bits per heavy atom. The maximum Gasteiger partial charge on any atom is 0.227 e. The van der Waals surface area contributed by atoms with Crippen LogP contribution < -0.4 is 0 Å². The molecular formula is C18H26N2O. The van der Waals surface area contributed by atoms with Crippen LogP contribution in [0.5, 0.6) is 0 Å². The number of nitrogens with zero attached hydrogens (tertiary/aromatic N) is 1. The zero-order chi connectivity index (χ0) is 15.4. The molecule has 0 aliphatic heterocycles. The Morgan fingerprint density at radius 1 is 1.14 bits per heavy atom. The van der Waals surface area contributed by atoms with Crippen molar-refractivity contribution in [3.8, 4) is 0 Å². The van der Waals surface area contributed by atoms with E-state index in [0.29, 0.717) is 6.42 Å². The molecule has 2 rings (SSSR count). The van der Waals surface area contributed by atoms with E-state index in [1.54, 1.807) is 0 Å². The van der Waals surface area contributed by atoms with Crippen molar-refractivity contribution in [2.45, 2.75) is 47.0 Å². The van der Waals surface area contributed by atoms with E-state index in [-0.39, 0.29) is 5.91 Å². The molecule has 0 unspecified atom stereocenters. The summed E-state index contributed by atoms with van der Waals surface area (Å²) in [6.07, 6.45) is 2.52. The van der Waals surface area contributed by atoms with Gasteiger partial charge in [-0.2, -0.15) is 0 Å². The second kappa shape index (κ2) is 6.79. The summed E-state index contributed by atoms with van der Waals surface area (Å²) in [6, 6.07) is 6.37. The fourth-order valence-electron chi connectivity index (χ4n) is 2.89. The molecule has 1 aromatic heterocycles. The van der Waals surface area contributed by atoms with Gasteiger partial charge >= 0.3 is 0 Å². The lowest BCUT2D eigenvalue weighted by Gasteiger charge is -2.21. The van der Waals surface area contributed by atoms with Crippen molar-refractivity contribution >= 4 is 16.8 Å². The minimum absolute atomic E-state index is 0.240. The molecule has 0 aliphatic rings. The zero-order valence-corrected chi connectivity index (χ0v) is 13.6. The Hall–Kier alpha value is -1.77. The second-order valence-electron chi connectivity index (χ2n) is 5.84. The average molecular weight is 286 g/mol. The van der Waals surface area contributed by atoms with Gasteiger partial charge in [-0.25, -0.2) is 0 Å². The van der Waals surface area contributed by atoms with Gasteiger partial charge in [0, 0.05) is 29.7 Å². The lowest BCUT2D eigenvalue weighted by molar-refractivity contribution is -0.130. The molecule has 0 spiro atoms. The number of aromatic amines is 1. The first kappa shape index (κ1) is 15.6. The predicted octanol–water partition coefficient (Wildman–Crippen LogP) is 3.98. The van der Waals surface area contributed by atoms with Crippen molar-refractivity contribution in [2.24, 2.45) is 0 Å². The topological polar surface area (TPSA) is 36.1 Å². The smallest absolute Gasteiger partial charge is 0.227 e. The maximum absolute atomic E-state index is 12.6. The van der Waals surface area contributed by atoms with Crippen molar-refractivity contribution in [3.63, 3.8) is 0 Å². The van der Waals surface area contributed by atoms with Crippen LogP contribution in [0.1, 0.15) is 43.5 Å². The number of hydrogen-bond acceptors (Lipinski definition) is 1. The van der Waals surface area contributed by atoms with Crippen LogP contribution in [0.2, 0.25) is 0 Å². The normalized spacial score (nSPS) is 11.0. The predicted molar refractivity (Wildman–Crippen MR) is 88.6 cm³/mol. The van der Waals surface area contributed by atoms with Crippen molar-refractivity contribution in [2.75, 3.05) is 13.1 Å². The first-order valence-corrected chi connectivity index (χ1v) is 7.92. The van der Waals surface area contributed by atoms with Gasteiger partial charge in [0.25, 0.3) is 0 Å². The summed E-state index contributed by atoms with van der Waals surface area (Å²) >= 11 is 0. The van der Waals surface area contributed by atoms with Gasteiger partial charge in [0.15, 0.2) is 0 Å². The molecule has 114 valence electrons. The van der Waals surface area contributed by atoms with Gasteiger partial charge < -0.3 is 9.88 Å². The Morgan fingerprint density at radius 3 is 2.43 bits per heavy atom. The second-order valence-corrected chi connectivity index (χ2v) is 5.84. The van der Waals surface area contributed by atoms with E-state index in [2.05, 4.69) is 50.9 Å². The van der Waals surface area contributed by atoms with Crippen LogP contribution in [0, 0.1) is 13.8 Å². The fraction of sp³-hybridized carbons (Fsp3) is 0.500. The summed E-state index contributed by atoms with van der Waals surface area (Å²) in [7, 11) is 0. The minimum atomic E-state index is 0.240. The van der Waals surface area contributed by atoms with Gasteiger partial charge in [0.2, 0.25) is 5.91 Å². The maximum atomic E-state index is 12.6. The van der Waals surface area contributed by atoms with Crippen molar-refractivity contribution in [1.82, 2.24) is 9.88 Å². The van der Waals surface area contributed by atoms with E-state index in [1.807, 2.05) is 4.90 Å². The lowest BCUT2D eigenvalue weighted by Crippen LogP contribution is -2.33. The van der Waals surface area contributed by atoms with Gasteiger partial charge in [0.1, 0.15) is 0 Å². The fourth-order valence-corrected chi connectivity index (χ4v) is 2.89. The van der Waals surface area contributed by atoms with E-state index in [9.17, 15) is 4.79 Å². The molecule has 0 bridgehead atoms. The molecule has 2 aromatic rings. The van der Waals surface area contributed by atoms with Crippen molar-refractivity contribution in [1.29, 1.82) is 0 Å². The van der Waals surface area contributed by atoms with Gasteiger partial charge in [-0.15, -0.1) is 0 Å². The molecule has 1 aromatic carbocycles. The molecule has 3 heteroatoms. The molecule has 0 fully saturated rings. The van der Waals surface area contributed by atoms with Crippen LogP contribution in [0.15, 0.2) is 18.2 Å². The zero-order valence-electron chi connectivity index (χ0n) is 13.6. The van der Waals surface area contributed by atoms with Gasteiger partial charge in [-0.3, -0.25) is 4.79 Å². The molecule has 21 heavy (non-hydrogen) atoms. The molecular weight excluding hydrogens is 260 g/mol. The molecule has 1 amide bonds. The molecule has 0 saturated carbocycles. The van der Waals surface area contributed by atoms with Crippen LogP contribution in [0.4, 0.5) is 0 Å². The molecule has 0 saturated heterocycles. The quantitative estimate of drug-likeness (QED) is 0.856. The van der Waals surface area contributed by atoms with Crippen LogP contribution >= 0.6 is 0 Å². The van der Waals surface area contributed by atoms with Gasteiger partial charge in [0.05, 0.1) is 6.42 Å². The highest BCUT2D eigenvalue weighted by atomic mass is 16.2. The standard InChI is InChI=1S/C18H26N2O/c1-5-9-20(10-6-2)18(21)12-15-14(4)19-17-8-7-13(3)11-16(15)17/h7-8,11,19H,5-6,9-10,12H2,1-4H3. The number of nitrogens with one attached hydrogen (secondary N) is 1. The van der Waals surface area contributed by atoms with Gasteiger partial charge in [-0.05, 0) is 44.4 Å². The number of rotatable bonds is 6. The third-order valence-corrected chi connectivity index (χ3v) is 3.94. The first-order valence-electron chi connectivity index (χ1n) is 7.92. The Labute approximate surface area is 127 Å². The highest BCUT2D eigenvalue weighted by Gasteiger charge is 2.17. The number of fused-ring (bicyclic) bond motifs is 1. The Balaban J connectivity index is 2.27. The summed E-state index contributed by atoms with van der Waals surface area (Å²) in [5, 5.41) is 1.19. The van der Waals surface area contributed by atoms with Crippen molar-refractivity contribution < 1.29 is 4.79 Å². The number of amides is 1. The molecule has 0 aliphatic carbocycles. The van der Waals surface area contributed by atoms with E-state index in [4.69, 9.17) is 0 Å². The van der Waals surface area contributed by atoms with Gasteiger partial charge in [-0.1, -0.05) is 25.5 Å². The molecule has 0 atom stereocenters. The Kier molecular flexibility index (Phi) is 5.05. The number of benzene rings is 1. The van der Waals surface area contributed by atoms with E-state index >= 15 is 0 Å². The SMILES string of the molecule is CCCN(CCC)C(=O)Cc1c(C)[nH]c2ccc(C)cc12.